The molecule has 39 heavy (non-hydrogen) atoms. The first-order valence-corrected chi connectivity index (χ1v) is 12.4. The van der Waals surface area contributed by atoms with E-state index in [1.807, 2.05) is 12.1 Å². The maximum Gasteiger partial charge on any atom is 0.270 e. The van der Waals surface area contributed by atoms with Crippen molar-refractivity contribution < 1.29 is 23.5 Å². The molecule has 0 N–H and O–H groups in total. The number of carbonyl (C=O) groups excluding carboxylic acids is 2. The van der Waals surface area contributed by atoms with E-state index in [1.54, 1.807) is 60.5 Å². The second-order valence-corrected chi connectivity index (χ2v) is 9.24. The largest absolute Gasteiger partial charge is 0.497 e. The molecule has 4 aromatic rings. The lowest BCUT2D eigenvalue weighted by atomic mass is 10.2. The predicted molar refractivity (Wildman–Crippen MR) is 141 cm³/mol. The molecule has 3 heterocycles. The predicted octanol–water partition coefficient (Wildman–Crippen LogP) is 2.91. The average molecular weight is 531 g/mol. The number of halogens is 1. The zero-order valence-electron chi connectivity index (χ0n) is 21.3. The molecule has 2 aromatic carbocycles. The zero-order valence-corrected chi connectivity index (χ0v) is 21.3. The highest BCUT2D eigenvalue weighted by Gasteiger charge is 2.32. The van der Waals surface area contributed by atoms with Crippen molar-refractivity contribution >= 4 is 17.5 Å². The number of rotatable bonds is 7. The molecule has 9 nitrogen and oxygen atoms in total. The van der Waals surface area contributed by atoms with Crippen LogP contribution in [0.1, 0.15) is 21.5 Å². The molecular weight excluding hydrogens is 503 g/mol. The van der Waals surface area contributed by atoms with E-state index in [1.165, 1.54) is 27.8 Å². The summed E-state index contributed by atoms with van der Waals surface area (Å²) in [6.45, 7) is 0.216. The standard InChI is InChI=1S/C29H27FN4O5/c1-38-22-11-9-20(10-12-22)15-32-16-23(39-19-21-6-2-3-7-25(21)30)17-33(18-27(32)35)28(36)24-14-31-26-8-4-5-13-34(26)29(24)37/h2-14,23H,15-19H2,1H3/t23-/m0/s1. The van der Waals surface area contributed by atoms with Crippen molar-refractivity contribution in [3.8, 4) is 5.75 Å². The number of amides is 2. The van der Waals surface area contributed by atoms with E-state index in [0.29, 0.717) is 17.0 Å². The fourth-order valence-electron chi connectivity index (χ4n) is 4.51. The monoisotopic (exact) mass is 530 g/mol. The van der Waals surface area contributed by atoms with Gasteiger partial charge in [-0.3, -0.25) is 18.8 Å². The first kappa shape index (κ1) is 26.1. The molecule has 0 unspecified atom stereocenters. The SMILES string of the molecule is COc1ccc(CN2C[C@H](OCc3ccccc3F)CN(C(=O)c3cnc4ccccn4c3=O)CC2=O)cc1. The van der Waals surface area contributed by atoms with Gasteiger partial charge in [0.15, 0.2) is 0 Å². The van der Waals surface area contributed by atoms with Gasteiger partial charge in [-0.1, -0.05) is 36.4 Å². The van der Waals surface area contributed by atoms with Crippen LogP contribution >= 0.6 is 0 Å². The molecule has 0 bridgehead atoms. The van der Waals surface area contributed by atoms with Crippen molar-refractivity contribution in [2.75, 3.05) is 26.7 Å². The minimum atomic E-state index is -0.630. The van der Waals surface area contributed by atoms with Crippen LogP contribution in [-0.2, 0) is 22.7 Å². The molecule has 10 heteroatoms. The van der Waals surface area contributed by atoms with Gasteiger partial charge in [-0.2, -0.15) is 0 Å². The third-order valence-corrected chi connectivity index (χ3v) is 6.62. The summed E-state index contributed by atoms with van der Waals surface area (Å²) in [4.78, 5) is 47.1. The van der Waals surface area contributed by atoms with Gasteiger partial charge in [-0.25, -0.2) is 9.37 Å². The third-order valence-electron chi connectivity index (χ3n) is 6.62. The number of methoxy groups -OCH3 is 1. The smallest absolute Gasteiger partial charge is 0.270 e. The molecule has 5 rings (SSSR count). The number of carbonyl (C=O) groups is 2. The normalized spacial score (nSPS) is 15.8. The van der Waals surface area contributed by atoms with Crippen LogP contribution < -0.4 is 10.3 Å². The second-order valence-electron chi connectivity index (χ2n) is 9.24. The molecular formula is C29H27FN4O5. The summed E-state index contributed by atoms with van der Waals surface area (Å²) in [5.41, 5.74) is 0.963. The molecule has 1 aliphatic heterocycles. The first-order chi connectivity index (χ1) is 18.9. The quantitative estimate of drug-likeness (QED) is 0.365. The fourth-order valence-corrected chi connectivity index (χ4v) is 4.51. The summed E-state index contributed by atoms with van der Waals surface area (Å²) >= 11 is 0. The molecule has 1 aliphatic rings. The molecule has 0 aliphatic carbocycles. The lowest BCUT2D eigenvalue weighted by Gasteiger charge is -2.25. The summed E-state index contributed by atoms with van der Waals surface area (Å²) in [5.74, 6) is -0.630. The van der Waals surface area contributed by atoms with Gasteiger partial charge in [0.1, 0.15) is 29.3 Å². The van der Waals surface area contributed by atoms with E-state index < -0.39 is 23.4 Å². The summed E-state index contributed by atoms with van der Waals surface area (Å²) < 4.78 is 26.8. The Morgan fingerprint density at radius 3 is 2.56 bits per heavy atom. The Labute approximate surface area is 224 Å². The van der Waals surface area contributed by atoms with Crippen LogP contribution in [0.2, 0.25) is 0 Å². The summed E-state index contributed by atoms with van der Waals surface area (Å²) in [7, 11) is 1.58. The Morgan fingerprint density at radius 1 is 1.03 bits per heavy atom. The number of pyridine rings is 1. The molecule has 1 saturated heterocycles. The van der Waals surface area contributed by atoms with Gasteiger partial charge in [0.05, 0.1) is 19.8 Å². The van der Waals surface area contributed by atoms with Crippen LogP contribution in [0.4, 0.5) is 4.39 Å². The maximum atomic E-state index is 14.2. The van der Waals surface area contributed by atoms with E-state index in [9.17, 15) is 18.8 Å². The summed E-state index contributed by atoms with van der Waals surface area (Å²) in [6, 6.07) is 18.7. The van der Waals surface area contributed by atoms with E-state index in [0.717, 1.165) is 5.56 Å². The van der Waals surface area contributed by atoms with Gasteiger partial charge in [0.2, 0.25) is 5.91 Å². The van der Waals surface area contributed by atoms with Crippen LogP contribution in [0.3, 0.4) is 0 Å². The highest BCUT2D eigenvalue weighted by Crippen LogP contribution is 2.18. The van der Waals surface area contributed by atoms with Crippen molar-refractivity contribution in [3.05, 3.63) is 112 Å². The zero-order chi connectivity index (χ0) is 27.4. The van der Waals surface area contributed by atoms with Crippen LogP contribution in [0.15, 0.2) is 83.9 Å². The van der Waals surface area contributed by atoms with Crippen molar-refractivity contribution in [1.29, 1.82) is 0 Å². The topological polar surface area (TPSA) is 93.4 Å². The molecule has 0 radical (unpaired) electrons. The summed E-state index contributed by atoms with van der Waals surface area (Å²) in [6.07, 6.45) is 2.14. The van der Waals surface area contributed by atoms with E-state index in [4.69, 9.17) is 9.47 Å². The minimum absolute atomic E-state index is 0.0368. The van der Waals surface area contributed by atoms with Gasteiger partial charge in [0, 0.05) is 37.6 Å². The Hall–Kier alpha value is -4.57. The van der Waals surface area contributed by atoms with Gasteiger partial charge in [0.25, 0.3) is 11.5 Å². The Bertz CT molecular complexity index is 1560. The van der Waals surface area contributed by atoms with Crippen LogP contribution in [-0.4, -0.2) is 63.8 Å². The minimum Gasteiger partial charge on any atom is -0.497 e. The summed E-state index contributed by atoms with van der Waals surface area (Å²) in [5, 5.41) is 0. The number of nitrogens with zero attached hydrogens (tertiary/aromatic N) is 4. The lowest BCUT2D eigenvalue weighted by Crippen LogP contribution is -2.42. The van der Waals surface area contributed by atoms with Crippen LogP contribution in [0.5, 0.6) is 5.75 Å². The van der Waals surface area contributed by atoms with E-state index >= 15 is 0 Å². The number of hydrogen-bond acceptors (Lipinski definition) is 6. The number of fused-ring (bicyclic) bond motifs is 1. The van der Waals surface area contributed by atoms with Crippen molar-refractivity contribution in [1.82, 2.24) is 19.2 Å². The van der Waals surface area contributed by atoms with E-state index in [-0.39, 0.29) is 44.3 Å². The van der Waals surface area contributed by atoms with Crippen LogP contribution in [0.25, 0.3) is 5.65 Å². The van der Waals surface area contributed by atoms with Crippen molar-refractivity contribution in [2.45, 2.75) is 19.3 Å². The van der Waals surface area contributed by atoms with Crippen LogP contribution in [0, 0.1) is 5.82 Å². The van der Waals surface area contributed by atoms with Gasteiger partial charge >= 0.3 is 0 Å². The Morgan fingerprint density at radius 2 is 1.79 bits per heavy atom. The Balaban J connectivity index is 1.41. The molecule has 2 amide bonds. The first-order valence-electron chi connectivity index (χ1n) is 12.4. The maximum absolute atomic E-state index is 14.2. The number of benzene rings is 2. The molecule has 2 aromatic heterocycles. The number of aromatic nitrogens is 2. The number of hydrogen-bond donors (Lipinski definition) is 0. The molecule has 200 valence electrons. The van der Waals surface area contributed by atoms with Crippen molar-refractivity contribution in [3.63, 3.8) is 0 Å². The number of ether oxygens (including phenoxy) is 2. The molecule has 0 saturated carbocycles. The highest BCUT2D eigenvalue weighted by molar-refractivity contribution is 5.96. The molecule has 1 atom stereocenters. The van der Waals surface area contributed by atoms with Crippen molar-refractivity contribution in [2.24, 2.45) is 0 Å². The average Bonchev–Trinajstić information content (AvgIpc) is 3.11. The van der Waals surface area contributed by atoms with E-state index in [2.05, 4.69) is 4.98 Å². The molecule has 0 spiro atoms. The fraction of sp³-hybridized carbons (Fsp3) is 0.241. The lowest BCUT2D eigenvalue weighted by molar-refractivity contribution is -0.132. The van der Waals surface area contributed by atoms with Gasteiger partial charge < -0.3 is 19.3 Å². The Kier molecular flexibility index (Phi) is 7.64. The van der Waals surface area contributed by atoms with Gasteiger partial charge in [-0.05, 0) is 35.9 Å². The third kappa shape index (κ3) is 5.80. The highest BCUT2D eigenvalue weighted by atomic mass is 19.1. The second kappa shape index (κ2) is 11.4. The van der Waals surface area contributed by atoms with Gasteiger partial charge in [-0.15, -0.1) is 0 Å². The molecule has 1 fully saturated rings.